The first-order chi connectivity index (χ1) is 13.0. The van der Waals surface area contributed by atoms with E-state index in [4.69, 9.17) is 9.47 Å². The zero-order chi connectivity index (χ0) is 19.0. The molecule has 2 aromatic rings. The lowest BCUT2D eigenvalue weighted by atomic mass is 10.1. The number of hydrogen-bond acceptors (Lipinski definition) is 4. The summed E-state index contributed by atoms with van der Waals surface area (Å²) in [7, 11) is 0. The van der Waals surface area contributed by atoms with Crippen LogP contribution in [0.4, 0.5) is 8.78 Å². The number of ether oxygens (including phenoxy) is 2. The van der Waals surface area contributed by atoms with Crippen LogP contribution in [-0.2, 0) is 0 Å². The molecule has 0 saturated carbocycles. The Labute approximate surface area is 153 Å². The van der Waals surface area contributed by atoms with Crippen LogP contribution < -0.4 is 9.47 Å². The molecule has 4 rings (SSSR count). The van der Waals surface area contributed by atoms with Crippen molar-refractivity contribution in [1.82, 2.24) is 9.80 Å². The second-order valence-electron chi connectivity index (χ2n) is 6.28. The van der Waals surface area contributed by atoms with Crippen molar-refractivity contribution < 1.29 is 27.8 Å². The molecular formula is C19H16F2N2O4. The minimum absolute atomic E-state index is 0.133. The number of amides is 2. The highest BCUT2D eigenvalue weighted by atomic mass is 19.1. The monoisotopic (exact) mass is 374 g/mol. The first-order valence-electron chi connectivity index (χ1n) is 8.46. The van der Waals surface area contributed by atoms with Crippen molar-refractivity contribution in [3.8, 4) is 11.5 Å². The molecule has 0 radical (unpaired) electrons. The van der Waals surface area contributed by atoms with Crippen LogP contribution in [0.1, 0.15) is 20.7 Å². The number of nitrogens with zero attached hydrogens (tertiary/aromatic N) is 2. The average Bonchev–Trinajstić information content (AvgIpc) is 3.15. The first-order valence-corrected chi connectivity index (χ1v) is 8.46. The number of carbonyl (C=O) groups excluding carboxylic acids is 2. The maximum atomic E-state index is 13.8. The molecule has 2 aromatic carbocycles. The van der Waals surface area contributed by atoms with Gasteiger partial charge in [0.05, 0.1) is 5.56 Å². The maximum absolute atomic E-state index is 13.8. The molecule has 0 spiro atoms. The summed E-state index contributed by atoms with van der Waals surface area (Å²) in [4.78, 5) is 28.2. The van der Waals surface area contributed by atoms with E-state index >= 15 is 0 Å². The van der Waals surface area contributed by atoms with E-state index in [2.05, 4.69) is 0 Å². The summed E-state index contributed by atoms with van der Waals surface area (Å²) in [5.74, 6) is -1.18. The number of fused-ring (bicyclic) bond motifs is 1. The summed E-state index contributed by atoms with van der Waals surface area (Å²) in [6.07, 6.45) is 0. The van der Waals surface area contributed by atoms with Crippen molar-refractivity contribution >= 4 is 11.8 Å². The van der Waals surface area contributed by atoms with E-state index in [9.17, 15) is 18.4 Å². The van der Waals surface area contributed by atoms with Gasteiger partial charge in [0.25, 0.3) is 11.8 Å². The number of piperazine rings is 1. The predicted molar refractivity (Wildman–Crippen MR) is 90.7 cm³/mol. The largest absolute Gasteiger partial charge is 0.454 e. The Morgan fingerprint density at radius 3 is 2.19 bits per heavy atom. The molecule has 2 heterocycles. The van der Waals surface area contributed by atoms with Gasteiger partial charge in [-0.25, -0.2) is 8.78 Å². The Kier molecular flexibility index (Phi) is 4.39. The van der Waals surface area contributed by atoms with E-state index in [-0.39, 0.29) is 31.4 Å². The van der Waals surface area contributed by atoms with E-state index < -0.39 is 17.5 Å². The molecule has 140 valence electrons. The Morgan fingerprint density at radius 2 is 1.48 bits per heavy atom. The molecule has 2 aliphatic heterocycles. The zero-order valence-electron chi connectivity index (χ0n) is 14.3. The van der Waals surface area contributed by atoms with Crippen molar-refractivity contribution in [2.24, 2.45) is 0 Å². The van der Waals surface area contributed by atoms with Gasteiger partial charge in [-0.1, -0.05) is 0 Å². The molecule has 0 atom stereocenters. The lowest BCUT2D eigenvalue weighted by Crippen LogP contribution is -2.50. The smallest absolute Gasteiger partial charge is 0.256 e. The second kappa shape index (κ2) is 6.86. The van der Waals surface area contributed by atoms with Gasteiger partial charge in [-0.15, -0.1) is 0 Å². The minimum atomic E-state index is -0.890. The van der Waals surface area contributed by atoms with Crippen LogP contribution in [0, 0.1) is 11.6 Å². The fraction of sp³-hybridized carbons (Fsp3) is 0.263. The number of carbonyl (C=O) groups is 2. The molecule has 0 aliphatic carbocycles. The van der Waals surface area contributed by atoms with Gasteiger partial charge in [0.2, 0.25) is 6.79 Å². The standard InChI is InChI=1S/C19H16F2N2O4/c20-13-2-3-14(15(21)10-13)19(25)23-7-5-22(6-8-23)18(24)12-1-4-16-17(9-12)27-11-26-16/h1-4,9-10H,5-8,11H2. The van der Waals surface area contributed by atoms with E-state index in [0.29, 0.717) is 36.2 Å². The van der Waals surface area contributed by atoms with Crippen LogP contribution in [-0.4, -0.2) is 54.6 Å². The van der Waals surface area contributed by atoms with Crippen LogP contribution in [0.3, 0.4) is 0 Å². The zero-order valence-corrected chi connectivity index (χ0v) is 14.3. The fourth-order valence-electron chi connectivity index (χ4n) is 3.16. The van der Waals surface area contributed by atoms with Crippen molar-refractivity contribution in [3.63, 3.8) is 0 Å². The van der Waals surface area contributed by atoms with Crippen LogP contribution in [0.5, 0.6) is 11.5 Å². The van der Waals surface area contributed by atoms with Gasteiger partial charge < -0.3 is 19.3 Å². The summed E-state index contributed by atoms with van der Waals surface area (Å²) in [5, 5.41) is 0. The van der Waals surface area contributed by atoms with Gasteiger partial charge >= 0.3 is 0 Å². The highest BCUT2D eigenvalue weighted by molar-refractivity contribution is 5.96. The molecule has 2 amide bonds. The van der Waals surface area contributed by atoms with Crippen molar-refractivity contribution in [1.29, 1.82) is 0 Å². The minimum Gasteiger partial charge on any atom is -0.454 e. The molecule has 8 heteroatoms. The quantitative estimate of drug-likeness (QED) is 0.809. The lowest BCUT2D eigenvalue weighted by Gasteiger charge is -2.35. The summed E-state index contributed by atoms with van der Waals surface area (Å²) in [5.41, 5.74) is 0.301. The van der Waals surface area contributed by atoms with Crippen LogP contribution in [0.2, 0.25) is 0 Å². The lowest BCUT2D eigenvalue weighted by molar-refractivity contribution is 0.0532. The molecular weight excluding hydrogens is 358 g/mol. The number of benzene rings is 2. The van der Waals surface area contributed by atoms with Crippen molar-refractivity contribution in [2.75, 3.05) is 33.0 Å². The van der Waals surface area contributed by atoms with Gasteiger partial charge in [-0.05, 0) is 30.3 Å². The molecule has 27 heavy (non-hydrogen) atoms. The van der Waals surface area contributed by atoms with Crippen LogP contribution in [0.25, 0.3) is 0 Å². The number of rotatable bonds is 2. The molecule has 0 aromatic heterocycles. The number of halogens is 2. The van der Waals surface area contributed by atoms with Crippen molar-refractivity contribution in [3.05, 3.63) is 59.2 Å². The molecule has 6 nitrogen and oxygen atoms in total. The molecule has 1 fully saturated rings. The van der Waals surface area contributed by atoms with E-state index in [1.165, 1.54) is 4.90 Å². The molecule has 0 unspecified atom stereocenters. The summed E-state index contributed by atoms with van der Waals surface area (Å²) in [6.45, 7) is 1.31. The summed E-state index contributed by atoms with van der Waals surface area (Å²) in [6, 6.07) is 7.86. The fourth-order valence-corrected chi connectivity index (χ4v) is 3.16. The van der Waals surface area contributed by atoms with Crippen LogP contribution in [0.15, 0.2) is 36.4 Å². The highest BCUT2D eigenvalue weighted by Crippen LogP contribution is 2.32. The SMILES string of the molecule is O=C(c1ccc2c(c1)OCO2)N1CCN(C(=O)c2ccc(F)cc2F)CC1. The third-order valence-corrected chi connectivity index (χ3v) is 4.64. The summed E-state index contributed by atoms with van der Waals surface area (Å²) < 4.78 is 37.3. The van der Waals surface area contributed by atoms with Gasteiger partial charge in [0.1, 0.15) is 11.6 Å². The maximum Gasteiger partial charge on any atom is 0.256 e. The predicted octanol–water partition coefficient (Wildman–Crippen LogP) is 2.29. The highest BCUT2D eigenvalue weighted by Gasteiger charge is 2.27. The Balaban J connectivity index is 1.41. The topological polar surface area (TPSA) is 59.1 Å². The Hall–Kier alpha value is -3.16. The van der Waals surface area contributed by atoms with E-state index in [1.54, 1.807) is 23.1 Å². The summed E-state index contributed by atoms with van der Waals surface area (Å²) >= 11 is 0. The molecule has 2 aliphatic rings. The van der Waals surface area contributed by atoms with E-state index in [1.807, 2.05) is 0 Å². The van der Waals surface area contributed by atoms with E-state index in [0.717, 1.165) is 12.1 Å². The second-order valence-corrected chi connectivity index (χ2v) is 6.28. The van der Waals surface area contributed by atoms with Gasteiger partial charge in [0.15, 0.2) is 11.5 Å². The van der Waals surface area contributed by atoms with Crippen LogP contribution >= 0.6 is 0 Å². The molecule has 0 bridgehead atoms. The van der Waals surface area contributed by atoms with Gasteiger partial charge in [0, 0.05) is 37.8 Å². The molecule has 0 N–H and O–H groups in total. The Bertz CT molecular complexity index is 911. The average molecular weight is 374 g/mol. The normalized spacial score (nSPS) is 15.8. The van der Waals surface area contributed by atoms with Gasteiger partial charge in [-0.3, -0.25) is 9.59 Å². The van der Waals surface area contributed by atoms with Crippen molar-refractivity contribution in [2.45, 2.75) is 0 Å². The first kappa shape index (κ1) is 17.3. The third-order valence-electron chi connectivity index (χ3n) is 4.64. The molecule has 1 saturated heterocycles. The van der Waals surface area contributed by atoms with Gasteiger partial charge in [-0.2, -0.15) is 0 Å². The third kappa shape index (κ3) is 3.30. The number of hydrogen-bond donors (Lipinski definition) is 0. The Morgan fingerprint density at radius 1 is 0.815 bits per heavy atom.